The van der Waals surface area contributed by atoms with Crippen LogP contribution in [0.4, 0.5) is 11.4 Å². The van der Waals surface area contributed by atoms with E-state index in [1.807, 2.05) is 6.07 Å². The van der Waals surface area contributed by atoms with E-state index in [2.05, 4.69) is 68.5 Å². The highest BCUT2D eigenvalue weighted by atomic mass is 35.5. The molecule has 3 rings (SSSR count). The summed E-state index contributed by atoms with van der Waals surface area (Å²) in [6.07, 6.45) is 0. The van der Waals surface area contributed by atoms with Crippen molar-refractivity contribution in [1.29, 1.82) is 0 Å². The predicted molar refractivity (Wildman–Crippen MR) is 90.7 cm³/mol. The van der Waals surface area contributed by atoms with E-state index >= 15 is 0 Å². The number of rotatable bonds is 2. The van der Waals surface area contributed by atoms with Crippen molar-refractivity contribution >= 4 is 23.0 Å². The largest absolute Gasteiger partial charge is 0.355 e. The molecule has 0 radical (unpaired) electrons. The lowest BCUT2D eigenvalue weighted by Gasteiger charge is -2.36. The van der Waals surface area contributed by atoms with Crippen LogP contribution < -0.4 is 5.32 Å². The van der Waals surface area contributed by atoms with Gasteiger partial charge in [0, 0.05) is 28.4 Å². The first kappa shape index (κ1) is 14.4. The molecule has 21 heavy (non-hydrogen) atoms. The van der Waals surface area contributed by atoms with Gasteiger partial charge >= 0.3 is 0 Å². The van der Waals surface area contributed by atoms with Crippen LogP contribution in [-0.4, -0.2) is 19.0 Å². The molecule has 1 heterocycles. The number of nitrogens with zero attached hydrogens (tertiary/aromatic N) is 1. The molecule has 2 aromatic rings. The number of nitrogens with one attached hydrogen (secondary N) is 1. The monoisotopic (exact) mass is 300 g/mol. The summed E-state index contributed by atoms with van der Waals surface area (Å²) in [6, 6.07) is 12.8. The Bertz CT molecular complexity index is 690. The second kappa shape index (κ2) is 5.04. The molecule has 2 aromatic carbocycles. The van der Waals surface area contributed by atoms with Crippen LogP contribution in [0.2, 0.25) is 5.02 Å². The molecule has 0 unspecified atom stereocenters. The van der Waals surface area contributed by atoms with Crippen LogP contribution in [0.15, 0.2) is 36.4 Å². The third-order valence-corrected chi connectivity index (χ3v) is 4.42. The lowest BCUT2D eigenvalue weighted by atomic mass is 9.74. The maximum Gasteiger partial charge on any atom is 0.0426 e. The fraction of sp³-hybridized carbons (Fsp3) is 0.333. The molecule has 0 aliphatic carbocycles. The lowest BCUT2D eigenvalue weighted by molar-refractivity contribution is 0.402. The van der Waals surface area contributed by atoms with Crippen molar-refractivity contribution in [3.8, 4) is 0 Å². The maximum atomic E-state index is 6.20. The van der Waals surface area contributed by atoms with E-state index in [1.54, 1.807) is 0 Å². The van der Waals surface area contributed by atoms with Gasteiger partial charge in [-0.3, -0.25) is 0 Å². The first-order valence-corrected chi connectivity index (χ1v) is 7.61. The summed E-state index contributed by atoms with van der Waals surface area (Å²) >= 11 is 6.20. The summed E-state index contributed by atoms with van der Waals surface area (Å²) < 4.78 is 0. The average molecular weight is 301 g/mol. The minimum Gasteiger partial charge on any atom is -0.355 e. The Labute approximate surface area is 131 Å². The minimum atomic E-state index is -0.0524. The predicted octanol–water partition coefficient (Wildman–Crippen LogP) is 4.78. The van der Waals surface area contributed by atoms with Crippen molar-refractivity contribution in [3.63, 3.8) is 0 Å². The van der Waals surface area contributed by atoms with Gasteiger partial charge < -0.3 is 10.2 Å². The maximum absolute atomic E-state index is 6.20. The van der Waals surface area contributed by atoms with Crippen molar-refractivity contribution in [2.75, 3.05) is 19.4 Å². The topological polar surface area (TPSA) is 15.3 Å². The van der Waals surface area contributed by atoms with Gasteiger partial charge in [0.1, 0.15) is 0 Å². The molecule has 0 saturated carbocycles. The number of hydrogen-bond acceptors (Lipinski definition) is 2. The Morgan fingerprint density at radius 2 is 1.62 bits per heavy atom. The zero-order valence-electron chi connectivity index (χ0n) is 13.0. The van der Waals surface area contributed by atoms with Crippen LogP contribution in [0.5, 0.6) is 0 Å². The highest BCUT2D eigenvalue weighted by molar-refractivity contribution is 6.30. The van der Waals surface area contributed by atoms with Crippen LogP contribution in [0.3, 0.4) is 0 Å². The molecule has 1 aliphatic heterocycles. The molecule has 0 bridgehead atoms. The summed E-state index contributed by atoms with van der Waals surface area (Å²) in [5.74, 6) is 0. The van der Waals surface area contributed by atoms with Gasteiger partial charge in [0.05, 0.1) is 0 Å². The summed E-state index contributed by atoms with van der Waals surface area (Å²) in [5.41, 5.74) is 6.21. The molecule has 1 aliphatic rings. The Balaban J connectivity index is 2.11. The number of halogens is 1. The first-order chi connectivity index (χ1) is 9.88. The summed E-state index contributed by atoms with van der Waals surface area (Å²) in [6.45, 7) is 5.48. The van der Waals surface area contributed by atoms with Gasteiger partial charge in [0.25, 0.3) is 0 Å². The average Bonchev–Trinajstić information content (AvgIpc) is 2.40. The quantitative estimate of drug-likeness (QED) is 0.858. The van der Waals surface area contributed by atoms with E-state index in [9.17, 15) is 0 Å². The Kier molecular flexibility index (Phi) is 3.46. The van der Waals surface area contributed by atoms with Crippen LogP contribution in [0, 0.1) is 0 Å². The number of hydrogen-bond donors (Lipinski definition) is 1. The van der Waals surface area contributed by atoms with Crippen molar-refractivity contribution in [2.24, 2.45) is 0 Å². The number of anilines is 2. The smallest absolute Gasteiger partial charge is 0.0426 e. The normalized spacial score (nSPS) is 15.3. The Morgan fingerprint density at radius 1 is 1.00 bits per heavy atom. The summed E-state index contributed by atoms with van der Waals surface area (Å²) in [4.78, 5) is 2.19. The van der Waals surface area contributed by atoms with E-state index in [0.29, 0.717) is 0 Å². The lowest BCUT2D eigenvalue weighted by Crippen LogP contribution is -2.26. The number of benzene rings is 2. The molecular formula is C18H21ClN2. The zero-order chi connectivity index (χ0) is 15.2. The Morgan fingerprint density at radius 3 is 2.29 bits per heavy atom. The van der Waals surface area contributed by atoms with Crippen molar-refractivity contribution in [2.45, 2.75) is 25.8 Å². The molecule has 0 aromatic heterocycles. The third-order valence-electron chi connectivity index (χ3n) is 4.18. The first-order valence-electron chi connectivity index (χ1n) is 7.23. The summed E-state index contributed by atoms with van der Waals surface area (Å²) in [7, 11) is 4.19. The fourth-order valence-corrected chi connectivity index (χ4v) is 3.29. The fourth-order valence-electron chi connectivity index (χ4n) is 3.11. The summed E-state index contributed by atoms with van der Waals surface area (Å²) in [5, 5.41) is 4.32. The van der Waals surface area contributed by atoms with Gasteiger partial charge in [0.2, 0.25) is 0 Å². The molecule has 3 heteroatoms. The van der Waals surface area contributed by atoms with Crippen molar-refractivity contribution < 1.29 is 0 Å². The standard InChI is InChI=1S/C18H21ClN2/c1-18(2)14-9-12(11-21(3)4)5-7-16(14)20-17-8-6-13(19)10-15(17)18/h5-10,20H,11H2,1-4H3. The molecule has 0 atom stereocenters. The van der Waals surface area contributed by atoms with Crippen molar-refractivity contribution in [1.82, 2.24) is 4.90 Å². The van der Waals surface area contributed by atoms with Gasteiger partial charge in [-0.1, -0.05) is 37.6 Å². The van der Waals surface area contributed by atoms with Crippen LogP contribution in [0.1, 0.15) is 30.5 Å². The van der Waals surface area contributed by atoms with E-state index in [1.165, 1.54) is 22.4 Å². The highest BCUT2D eigenvalue weighted by Gasteiger charge is 2.32. The van der Waals surface area contributed by atoms with Gasteiger partial charge in [-0.25, -0.2) is 0 Å². The minimum absolute atomic E-state index is 0.0524. The van der Waals surface area contributed by atoms with Gasteiger partial charge in [-0.05, 0) is 55.1 Å². The molecule has 1 N–H and O–H groups in total. The van der Waals surface area contributed by atoms with Crippen LogP contribution in [0.25, 0.3) is 0 Å². The van der Waals surface area contributed by atoms with E-state index in [0.717, 1.165) is 17.3 Å². The van der Waals surface area contributed by atoms with Gasteiger partial charge in [-0.15, -0.1) is 0 Å². The van der Waals surface area contributed by atoms with Crippen LogP contribution in [-0.2, 0) is 12.0 Å². The van der Waals surface area contributed by atoms with Crippen LogP contribution >= 0.6 is 11.6 Å². The molecule has 0 fully saturated rings. The molecule has 2 nitrogen and oxygen atoms in total. The number of fused-ring (bicyclic) bond motifs is 2. The highest BCUT2D eigenvalue weighted by Crippen LogP contribution is 2.46. The SMILES string of the molecule is CN(C)Cc1ccc2c(c1)C(C)(C)c1cc(Cl)ccc1N2. The van der Waals surface area contributed by atoms with E-state index < -0.39 is 0 Å². The van der Waals surface area contributed by atoms with Gasteiger partial charge in [0.15, 0.2) is 0 Å². The molecule has 0 spiro atoms. The Hall–Kier alpha value is -1.51. The van der Waals surface area contributed by atoms with Crippen molar-refractivity contribution in [3.05, 3.63) is 58.1 Å². The third kappa shape index (κ3) is 2.54. The molecular weight excluding hydrogens is 280 g/mol. The second-order valence-electron chi connectivity index (χ2n) is 6.56. The second-order valence-corrected chi connectivity index (χ2v) is 6.99. The molecule has 110 valence electrons. The molecule has 0 saturated heterocycles. The van der Waals surface area contributed by atoms with Gasteiger partial charge in [-0.2, -0.15) is 0 Å². The van der Waals surface area contributed by atoms with E-state index in [4.69, 9.17) is 11.6 Å². The zero-order valence-corrected chi connectivity index (χ0v) is 13.8. The van der Waals surface area contributed by atoms with E-state index in [-0.39, 0.29) is 5.41 Å². The molecule has 0 amide bonds.